The smallest absolute Gasteiger partial charge is 0.353 e. The summed E-state index contributed by atoms with van der Waals surface area (Å²) in [5, 5.41) is 10.5. The van der Waals surface area contributed by atoms with E-state index in [1.807, 2.05) is 0 Å². The minimum Gasteiger partial charge on any atom is -0.497 e. The Bertz CT molecular complexity index is 340. The summed E-state index contributed by atoms with van der Waals surface area (Å²) in [6.45, 7) is 1.70. The normalized spacial score (nSPS) is 11.9. The van der Waals surface area contributed by atoms with Crippen LogP contribution in [0.2, 0.25) is 0 Å². The van der Waals surface area contributed by atoms with Crippen LogP contribution in [0.4, 0.5) is 0 Å². The number of rotatable bonds is 5. The van der Waals surface area contributed by atoms with E-state index in [1.54, 1.807) is 31.2 Å². The summed E-state index contributed by atoms with van der Waals surface area (Å²) in [6.07, 6.45) is -0.679. The van der Waals surface area contributed by atoms with Crippen molar-refractivity contribution in [2.24, 2.45) is 0 Å². The fourth-order valence-electron chi connectivity index (χ4n) is 1.11. The molecule has 0 saturated carbocycles. The van der Waals surface area contributed by atoms with Gasteiger partial charge in [0, 0.05) is 6.07 Å². The summed E-state index contributed by atoms with van der Waals surface area (Å²) in [4.78, 5) is 10.1. The molecule has 1 aromatic carbocycles. The lowest BCUT2D eigenvalue weighted by molar-refractivity contribution is -0.563. The van der Waals surface area contributed by atoms with E-state index in [0.717, 1.165) is 0 Å². The molecule has 0 radical (unpaired) electrons. The highest BCUT2D eigenvalue weighted by Crippen LogP contribution is 2.20. The monoisotopic (exact) mass is 211 g/mol. The van der Waals surface area contributed by atoms with Crippen molar-refractivity contribution < 1.29 is 14.4 Å². The highest BCUT2D eigenvalue weighted by atomic mass is 16.7. The average molecular weight is 211 g/mol. The van der Waals surface area contributed by atoms with Gasteiger partial charge in [-0.1, -0.05) is 13.0 Å². The fraction of sp³-hybridized carbons (Fsp3) is 0.400. The number of hydrogen-bond acceptors (Lipinski definition) is 4. The second-order valence-corrected chi connectivity index (χ2v) is 2.95. The predicted octanol–water partition coefficient (Wildman–Crippen LogP) is 2.09. The number of hydrogen-bond donors (Lipinski definition) is 0. The van der Waals surface area contributed by atoms with E-state index in [-0.39, 0.29) is 0 Å². The Kier molecular flexibility index (Phi) is 3.91. The number of benzene rings is 1. The van der Waals surface area contributed by atoms with Crippen molar-refractivity contribution in [3.05, 3.63) is 34.4 Å². The van der Waals surface area contributed by atoms with Gasteiger partial charge in [0.25, 0.3) is 0 Å². The van der Waals surface area contributed by atoms with Crippen molar-refractivity contribution in [1.29, 1.82) is 0 Å². The van der Waals surface area contributed by atoms with Crippen LogP contribution < -0.4 is 9.47 Å². The van der Waals surface area contributed by atoms with Crippen LogP contribution in [-0.2, 0) is 0 Å². The lowest BCUT2D eigenvalue weighted by Crippen LogP contribution is -2.25. The maximum atomic E-state index is 10.5. The maximum Gasteiger partial charge on any atom is 0.353 e. The first-order chi connectivity index (χ1) is 7.17. The van der Waals surface area contributed by atoms with Crippen molar-refractivity contribution >= 4 is 0 Å². The van der Waals surface area contributed by atoms with Crippen LogP contribution in [0.3, 0.4) is 0 Å². The Labute approximate surface area is 87.8 Å². The van der Waals surface area contributed by atoms with Crippen molar-refractivity contribution in [2.45, 2.75) is 19.6 Å². The highest BCUT2D eigenvalue weighted by Gasteiger charge is 2.18. The van der Waals surface area contributed by atoms with Crippen molar-refractivity contribution in [3.8, 4) is 11.5 Å². The van der Waals surface area contributed by atoms with Gasteiger partial charge in [0.2, 0.25) is 0 Å². The van der Waals surface area contributed by atoms with Gasteiger partial charge in [-0.3, -0.25) is 10.1 Å². The molecule has 1 rings (SSSR count). The molecular weight excluding hydrogens is 198 g/mol. The van der Waals surface area contributed by atoms with Gasteiger partial charge in [0.05, 0.1) is 18.5 Å². The minimum atomic E-state index is -1.00. The molecule has 0 aliphatic rings. The minimum absolute atomic E-state index is 0.324. The fourth-order valence-corrected chi connectivity index (χ4v) is 1.11. The van der Waals surface area contributed by atoms with Gasteiger partial charge in [0.1, 0.15) is 11.5 Å². The highest BCUT2D eigenvalue weighted by molar-refractivity contribution is 5.32. The first kappa shape index (κ1) is 11.3. The van der Waals surface area contributed by atoms with Gasteiger partial charge in [-0.25, -0.2) is 0 Å². The molecule has 0 amide bonds. The molecule has 0 fully saturated rings. The summed E-state index contributed by atoms with van der Waals surface area (Å²) in [5.41, 5.74) is 0. The molecule has 0 aliphatic heterocycles. The van der Waals surface area contributed by atoms with Gasteiger partial charge >= 0.3 is 6.23 Å². The molecule has 5 nitrogen and oxygen atoms in total. The SMILES string of the molecule is CCC(Oc1cccc(OC)c1)[N+](=O)[O-]. The molecule has 0 N–H and O–H groups in total. The Hall–Kier alpha value is -1.78. The summed E-state index contributed by atoms with van der Waals surface area (Å²) in [6, 6.07) is 6.75. The molecule has 0 bridgehead atoms. The molecule has 1 unspecified atom stereocenters. The van der Waals surface area contributed by atoms with Crippen molar-refractivity contribution in [3.63, 3.8) is 0 Å². The van der Waals surface area contributed by atoms with Crippen LogP contribution in [0.5, 0.6) is 11.5 Å². The second-order valence-electron chi connectivity index (χ2n) is 2.95. The average Bonchev–Trinajstić information content (AvgIpc) is 2.25. The molecule has 1 aromatic rings. The largest absolute Gasteiger partial charge is 0.497 e. The van der Waals surface area contributed by atoms with E-state index >= 15 is 0 Å². The third kappa shape index (κ3) is 3.12. The first-order valence-electron chi connectivity index (χ1n) is 4.61. The lowest BCUT2D eigenvalue weighted by Gasteiger charge is -2.10. The standard InChI is InChI=1S/C10H13NO4/c1-3-10(11(12)13)15-9-6-4-5-8(7-9)14-2/h4-7,10H,3H2,1-2H3. The van der Waals surface area contributed by atoms with E-state index in [1.165, 1.54) is 7.11 Å². The molecular formula is C10H13NO4. The van der Waals surface area contributed by atoms with Crippen molar-refractivity contribution in [2.75, 3.05) is 7.11 Å². The van der Waals surface area contributed by atoms with Crippen LogP contribution in [0.25, 0.3) is 0 Å². The van der Waals surface area contributed by atoms with Crippen LogP contribution >= 0.6 is 0 Å². The Balaban J connectivity index is 2.74. The number of methoxy groups -OCH3 is 1. The van der Waals surface area contributed by atoms with E-state index in [9.17, 15) is 10.1 Å². The zero-order chi connectivity index (χ0) is 11.3. The van der Waals surface area contributed by atoms with Gasteiger partial charge in [-0.2, -0.15) is 0 Å². The van der Waals surface area contributed by atoms with Crippen molar-refractivity contribution in [1.82, 2.24) is 0 Å². The van der Waals surface area contributed by atoms with Crippen LogP contribution in [0.1, 0.15) is 13.3 Å². The molecule has 0 saturated heterocycles. The summed E-state index contributed by atoms with van der Waals surface area (Å²) in [5.74, 6) is 1.06. The third-order valence-electron chi connectivity index (χ3n) is 1.90. The zero-order valence-corrected chi connectivity index (χ0v) is 8.67. The molecule has 1 atom stereocenters. The molecule has 5 heteroatoms. The number of nitrogens with zero attached hydrogens (tertiary/aromatic N) is 1. The van der Waals surface area contributed by atoms with Crippen LogP contribution in [-0.4, -0.2) is 18.3 Å². The first-order valence-corrected chi connectivity index (χ1v) is 4.61. The van der Waals surface area contributed by atoms with Gasteiger partial charge in [0.15, 0.2) is 0 Å². The van der Waals surface area contributed by atoms with E-state index in [2.05, 4.69) is 0 Å². The molecule has 0 spiro atoms. The maximum absolute atomic E-state index is 10.5. The van der Waals surface area contributed by atoms with E-state index in [0.29, 0.717) is 17.9 Å². The van der Waals surface area contributed by atoms with Gasteiger partial charge in [-0.15, -0.1) is 0 Å². The van der Waals surface area contributed by atoms with Crippen LogP contribution in [0.15, 0.2) is 24.3 Å². The summed E-state index contributed by atoms with van der Waals surface area (Å²) < 4.78 is 10.2. The van der Waals surface area contributed by atoms with E-state index in [4.69, 9.17) is 9.47 Å². The summed E-state index contributed by atoms with van der Waals surface area (Å²) in [7, 11) is 1.53. The Morgan fingerprint density at radius 2 is 2.13 bits per heavy atom. The number of nitro groups is 1. The molecule has 82 valence electrons. The van der Waals surface area contributed by atoms with Gasteiger partial charge < -0.3 is 9.47 Å². The quantitative estimate of drug-likeness (QED) is 0.425. The predicted molar refractivity (Wildman–Crippen MR) is 54.7 cm³/mol. The van der Waals surface area contributed by atoms with Gasteiger partial charge in [-0.05, 0) is 12.1 Å². The van der Waals surface area contributed by atoms with Crippen LogP contribution in [0, 0.1) is 10.1 Å². The molecule has 0 heterocycles. The summed E-state index contributed by atoms with van der Waals surface area (Å²) >= 11 is 0. The van der Waals surface area contributed by atoms with E-state index < -0.39 is 11.2 Å². The molecule has 15 heavy (non-hydrogen) atoms. The molecule has 0 aliphatic carbocycles. The Morgan fingerprint density at radius 3 is 2.67 bits per heavy atom. The topological polar surface area (TPSA) is 61.6 Å². The third-order valence-corrected chi connectivity index (χ3v) is 1.90. The Morgan fingerprint density at radius 1 is 1.47 bits per heavy atom. The lowest BCUT2D eigenvalue weighted by atomic mass is 10.3. The zero-order valence-electron chi connectivity index (χ0n) is 8.67. The number of ether oxygens (including phenoxy) is 2. The second kappa shape index (κ2) is 5.19. The molecule has 0 aromatic heterocycles.